The van der Waals surface area contributed by atoms with Crippen LogP contribution in [-0.2, 0) is 7.05 Å². The quantitative estimate of drug-likeness (QED) is 0.931. The highest BCUT2D eigenvalue weighted by Gasteiger charge is 2.09. The van der Waals surface area contributed by atoms with E-state index in [1.165, 1.54) is 18.1 Å². The molecule has 0 saturated carbocycles. The molecule has 0 radical (unpaired) electrons. The van der Waals surface area contributed by atoms with Gasteiger partial charge < -0.3 is 5.11 Å². The molecule has 90 valence electrons. The number of aliphatic hydroxyl groups is 1. The Morgan fingerprint density at radius 3 is 2.76 bits per heavy atom. The van der Waals surface area contributed by atoms with Crippen LogP contribution in [0.4, 0.5) is 0 Å². The van der Waals surface area contributed by atoms with Crippen LogP contribution in [0.3, 0.4) is 0 Å². The number of rotatable bonds is 3. The summed E-state index contributed by atoms with van der Waals surface area (Å²) >= 11 is 7.60. The number of benzene rings is 1. The topological polar surface area (TPSA) is 50.9 Å². The van der Waals surface area contributed by atoms with E-state index < -0.39 is 6.10 Å². The number of hydrogen-bond acceptors (Lipinski definition) is 4. The summed E-state index contributed by atoms with van der Waals surface area (Å²) in [6.45, 7) is 1.71. The van der Waals surface area contributed by atoms with Crippen molar-refractivity contribution in [3.8, 4) is 0 Å². The normalized spacial score (nSPS) is 12.7. The monoisotopic (exact) mass is 269 g/mol. The van der Waals surface area contributed by atoms with E-state index in [0.717, 1.165) is 15.6 Å². The number of nitrogens with zero attached hydrogens (tertiary/aromatic N) is 3. The highest BCUT2D eigenvalue weighted by molar-refractivity contribution is 7.99. The predicted molar refractivity (Wildman–Crippen MR) is 67.2 cm³/mol. The lowest BCUT2D eigenvalue weighted by Gasteiger charge is -2.08. The zero-order valence-electron chi connectivity index (χ0n) is 9.46. The van der Waals surface area contributed by atoms with Crippen molar-refractivity contribution in [2.45, 2.75) is 23.1 Å². The number of aromatic nitrogens is 3. The second-order valence-corrected chi connectivity index (χ2v) is 5.05. The van der Waals surface area contributed by atoms with Crippen LogP contribution in [-0.4, -0.2) is 19.9 Å². The molecule has 1 aromatic heterocycles. The smallest absolute Gasteiger partial charge is 0.190 e. The molecule has 0 spiro atoms. The van der Waals surface area contributed by atoms with Gasteiger partial charge in [-0.25, -0.2) is 9.67 Å². The standard InChI is InChI=1S/C11H12ClN3OS/c1-7(16)8-3-4-10(9(12)5-8)17-11-13-6-14-15(11)2/h3-7,16H,1-2H3. The van der Waals surface area contributed by atoms with Crippen molar-refractivity contribution in [1.82, 2.24) is 14.8 Å². The van der Waals surface area contributed by atoms with E-state index in [-0.39, 0.29) is 0 Å². The Morgan fingerprint density at radius 1 is 1.47 bits per heavy atom. The van der Waals surface area contributed by atoms with Crippen molar-refractivity contribution >= 4 is 23.4 Å². The molecule has 4 nitrogen and oxygen atoms in total. The van der Waals surface area contributed by atoms with Gasteiger partial charge >= 0.3 is 0 Å². The molecule has 0 aliphatic heterocycles. The van der Waals surface area contributed by atoms with Gasteiger partial charge in [-0.15, -0.1) is 0 Å². The van der Waals surface area contributed by atoms with Crippen LogP contribution >= 0.6 is 23.4 Å². The lowest BCUT2D eigenvalue weighted by Crippen LogP contribution is -1.94. The van der Waals surface area contributed by atoms with Gasteiger partial charge in [-0.1, -0.05) is 17.7 Å². The first-order valence-electron chi connectivity index (χ1n) is 5.07. The van der Waals surface area contributed by atoms with E-state index in [0.29, 0.717) is 5.02 Å². The fraction of sp³-hybridized carbons (Fsp3) is 0.273. The van der Waals surface area contributed by atoms with Crippen LogP contribution in [0, 0.1) is 0 Å². The molecule has 1 heterocycles. The highest BCUT2D eigenvalue weighted by atomic mass is 35.5. The summed E-state index contributed by atoms with van der Waals surface area (Å²) in [5, 5.41) is 14.8. The Hall–Kier alpha value is -1.04. The largest absolute Gasteiger partial charge is 0.389 e. The molecule has 0 aliphatic rings. The van der Waals surface area contributed by atoms with E-state index in [9.17, 15) is 5.11 Å². The van der Waals surface area contributed by atoms with Gasteiger partial charge in [0.05, 0.1) is 11.1 Å². The minimum atomic E-state index is -0.513. The first-order valence-corrected chi connectivity index (χ1v) is 6.26. The van der Waals surface area contributed by atoms with Crippen molar-refractivity contribution in [3.05, 3.63) is 35.1 Å². The summed E-state index contributed by atoms with van der Waals surface area (Å²) in [5.41, 5.74) is 0.803. The molecule has 0 amide bonds. The third-order valence-electron chi connectivity index (χ3n) is 2.31. The summed E-state index contributed by atoms with van der Waals surface area (Å²) in [4.78, 5) is 5.01. The average Bonchev–Trinajstić information content (AvgIpc) is 2.67. The first kappa shape index (κ1) is 12.4. The Balaban J connectivity index is 2.26. The molecule has 0 bridgehead atoms. The van der Waals surface area contributed by atoms with E-state index >= 15 is 0 Å². The van der Waals surface area contributed by atoms with Gasteiger partial charge in [0, 0.05) is 11.9 Å². The molecule has 0 saturated heterocycles. The summed E-state index contributed by atoms with van der Waals surface area (Å²) in [7, 11) is 1.83. The number of halogens is 1. The Labute approximate surface area is 109 Å². The van der Waals surface area contributed by atoms with Gasteiger partial charge in [-0.05, 0) is 36.4 Å². The second-order valence-electron chi connectivity index (χ2n) is 3.63. The number of aliphatic hydroxyl groups excluding tert-OH is 1. The van der Waals surface area contributed by atoms with E-state index in [4.69, 9.17) is 11.6 Å². The number of hydrogen-bond donors (Lipinski definition) is 1. The molecule has 1 N–H and O–H groups in total. The molecule has 2 aromatic rings. The third kappa shape index (κ3) is 2.80. The molecular formula is C11H12ClN3OS. The number of aryl methyl sites for hydroxylation is 1. The van der Waals surface area contributed by atoms with E-state index in [1.54, 1.807) is 17.7 Å². The summed E-state index contributed by atoms with van der Waals surface area (Å²) < 4.78 is 1.68. The van der Waals surface area contributed by atoms with E-state index in [2.05, 4.69) is 10.1 Å². The molecular weight excluding hydrogens is 258 g/mol. The molecule has 1 unspecified atom stereocenters. The zero-order valence-corrected chi connectivity index (χ0v) is 11.0. The highest BCUT2D eigenvalue weighted by Crippen LogP contribution is 2.33. The van der Waals surface area contributed by atoms with Crippen LogP contribution in [0.1, 0.15) is 18.6 Å². The minimum absolute atomic E-state index is 0.513. The Bertz CT molecular complexity index is 527. The fourth-order valence-corrected chi connectivity index (χ4v) is 2.41. The fourth-order valence-electron chi connectivity index (χ4n) is 1.34. The van der Waals surface area contributed by atoms with Crippen LogP contribution in [0.15, 0.2) is 34.6 Å². The van der Waals surface area contributed by atoms with Gasteiger partial charge in [0.15, 0.2) is 5.16 Å². The molecule has 1 atom stereocenters. The molecule has 1 aromatic carbocycles. The molecule has 17 heavy (non-hydrogen) atoms. The van der Waals surface area contributed by atoms with Crippen molar-refractivity contribution in [3.63, 3.8) is 0 Å². The summed E-state index contributed by atoms with van der Waals surface area (Å²) in [6.07, 6.45) is 0.988. The molecule has 6 heteroatoms. The lowest BCUT2D eigenvalue weighted by molar-refractivity contribution is 0.199. The Kier molecular flexibility index (Phi) is 3.71. The lowest BCUT2D eigenvalue weighted by atomic mass is 10.1. The molecule has 0 fully saturated rings. The second kappa shape index (κ2) is 5.08. The maximum absolute atomic E-state index is 9.45. The van der Waals surface area contributed by atoms with Crippen molar-refractivity contribution in [2.75, 3.05) is 0 Å². The van der Waals surface area contributed by atoms with Crippen LogP contribution in [0.5, 0.6) is 0 Å². The molecule has 0 aliphatic carbocycles. The molecule has 2 rings (SSSR count). The van der Waals surface area contributed by atoms with Gasteiger partial charge in [-0.2, -0.15) is 5.10 Å². The average molecular weight is 270 g/mol. The third-order valence-corrected chi connectivity index (χ3v) is 3.86. The SMILES string of the molecule is CC(O)c1ccc(Sc2ncnn2C)c(Cl)c1. The zero-order chi connectivity index (χ0) is 12.4. The predicted octanol–water partition coefficient (Wildman–Crippen LogP) is 2.67. The maximum atomic E-state index is 9.45. The van der Waals surface area contributed by atoms with Crippen molar-refractivity contribution in [1.29, 1.82) is 0 Å². The van der Waals surface area contributed by atoms with Crippen molar-refractivity contribution < 1.29 is 5.11 Å². The first-order chi connectivity index (χ1) is 8.08. The van der Waals surface area contributed by atoms with Crippen LogP contribution in [0.25, 0.3) is 0 Å². The summed E-state index contributed by atoms with van der Waals surface area (Å²) in [5.74, 6) is 0. The minimum Gasteiger partial charge on any atom is -0.389 e. The van der Waals surface area contributed by atoms with Gasteiger partial charge in [0.1, 0.15) is 6.33 Å². The maximum Gasteiger partial charge on any atom is 0.190 e. The van der Waals surface area contributed by atoms with Crippen molar-refractivity contribution in [2.24, 2.45) is 7.05 Å². The van der Waals surface area contributed by atoms with E-state index in [1.807, 2.05) is 19.2 Å². The van der Waals surface area contributed by atoms with Crippen LogP contribution in [0.2, 0.25) is 5.02 Å². The van der Waals surface area contributed by atoms with Crippen LogP contribution < -0.4 is 0 Å². The summed E-state index contributed by atoms with van der Waals surface area (Å²) in [6, 6.07) is 5.50. The Morgan fingerprint density at radius 2 is 2.24 bits per heavy atom. The van der Waals surface area contributed by atoms with Gasteiger partial charge in [0.2, 0.25) is 0 Å². The van der Waals surface area contributed by atoms with Gasteiger partial charge in [0.25, 0.3) is 0 Å². The van der Waals surface area contributed by atoms with Gasteiger partial charge in [-0.3, -0.25) is 0 Å².